The Morgan fingerprint density at radius 1 is 0.886 bits per heavy atom. The first-order valence-corrected chi connectivity index (χ1v) is 19.0. The van der Waals surface area contributed by atoms with E-state index in [2.05, 4.69) is 62.5 Å². The van der Waals surface area contributed by atoms with E-state index in [-0.39, 0.29) is 0 Å². The van der Waals surface area contributed by atoms with E-state index in [0.29, 0.717) is 17.8 Å². The van der Waals surface area contributed by atoms with Crippen LogP contribution in [0.5, 0.6) is 0 Å². The van der Waals surface area contributed by atoms with Gasteiger partial charge in [-0.1, -0.05) is 92.4 Å². The zero-order chi connectivity index (χ0) is 30.3. The third-order valence-electron chi connectivity index (χ3n) is 12.8. The Morgan fingerprint density at radius 2 is 1.68 bits per heavy atom. The average Bonchev–Trinajstić information content (AvgIpc) is 3.08. The second-order valence-electron chi connectivity index (χ2n) is 15.2. The molecule has 0 aromatic heterocycles. The lowest BCUT2D eigenvalue weighted by Crippen LogP contribution is -2.33. The molecule has 1 saturated carbocycles. The van der Waals surface area contributed by atoms with E-state index in [1.807, 2.05) is 0 Å². The van der Waals surface area contributed by atoms with Crippen LogP contribution in [0.3, 0.4) is 0 Å². The number of unbranched alkanes of at least 4 members (excludes halogenated alkanes) is 2. The summed E-state index contributed by atoms with van der Waals surface area (Å²) in [4.78, 5) is 0. The minimum atomic E-state index is 0.606. The molecule has 6 rings (SSSR count). The maximum absolute atomic E-state index is 7.84. The maximum Gasteiger partial charge on any atom is 0.00493 e. The molecule has 238 valence electrons. The van der Waals surface area contributed by atoms with Crippen molar-refractivity contribution >= 4 is 6.21 Å². The monoisotopic (exact) mass is 591 g/mol. The van der Waals surface area contributed by atoms with Crippen molar-refractivity contribution in [2.45, 2.75) is 136 Å². The van der Waals surface area contributed by atoms with E-state index in [4.69, 9.17) is 5.41 Å². The van der Waals surface area contributed by atoms with Crippen LogP contribution in [0.4, 0.5) is 0 Å². The Morgan fingerprint density at radius 3 is 2.45 bits per heavy atom. The summed E-state index contributed by atoms with van der Waals surface area (Å²) in [6.45, 7) is 4.53. The highest BCUT2D eigenvalue weighted by molar-refractivity contribution is 5.58. The predicted molar refractivity (Wildman–Crippen MR) is 190 cm³/mol. The van der Waals surface area contributed by atoms with Gasteiger partial charge in [-0.2, -0.15) is 0 Å². The molecule has 1 N–H and O–H groups in total. The van der Waals surface area contributed by atoms with Crippen molar-refractivity contribution in [3.63, 3.8) is 0 Å². The summed E-state index contributed by atoms with van der Waals surface area (Å²) >= 11 is 0. The summed E-state index contributed by atoms with van der Waals surface area (Å²) in [6, 6.07) is 0. The zero-order valence-corrected chi connectivity index (χ0v) is 28.2. The first-order valence-electron chi connectivity index (χ1n) is 19.0. The van der Waals surface area contributed by atoms with E-state index < -0.39 is 0 Å². The van der Waals surface area contributed by atoms with Crippen LogP contribution in [0.1, 0.15) is 136 Å². The molecule has 44 heavy (non-hydrogen) atoms. The molecule has 0 aliphatic heterocycles. The fourth-order valence-electron chi connectivity index (χ4n) is 10.4. The molecule has 0 saturated heterocycles. The van der Waals surface area contributed by atoms with Crippen molar-refractivity contribution in [1.82, 2.24) is 0 Å². The van der Waals surface area contributed by atoms with E-state index in [1.54, 1.807) is 39.7 Å². The van der Waals surface area contributed by atoms with Gasteiger partial charge in [-0.25, -0.2) is 0 Å². The van der Waals surface area contributed by atoms with Gasteiger partial charge in [-0.05, 0) is 167 Å². The van der Waals surface area contributed by atoms with E-state index in [0.717, 1.165) is 30.1 Å². The molecule has 5 atom stereocenters. The molecule has 0 aromatic carbocycles. The summed E-state index contributed by atoms with van der Waals surface area (Å²) < 4.78 is 0. The average molecular weight is 592 g/mol. The number of nitrogens with one attached hydrogen (secondary N) is 1. The highest BCUT2D eigenvalue weighted by Gasteiger charge is 2.40. The lowest BCUT2D eigenvalue weighted by atomic mass is 9.60. The predicted octanol–water partition coefficient (Wildman–Crippen LogP) is 12.6. The number of fused-ring (bicyclic) bond motifs is 4. The summed E-state index contributed by atoms with van der Waals surface area (Å²) in [7, 11) is 0. The third kappa shape index (κ3) is 6.98. The molecule has 0 radical (unpaired) electrons. The highest BCUT2D eigenvalue weighted by atomic mass is 14.4. The summed E-state index contributed by atoms with van der Waals surface area (Å²) in [5, 5.41) is 7.84. The van der Waals surface area contributed by atoms with Gasteiger partial charge in [-0.15, -0.1) is 0 Å². The molecule has 1 heteroatoms. The second-order valence-corrected chi connectivity index (χ2v) is 15.2. The van der Waals surface area contributed by atoms with Crippen LogP contribution in [0.25, 0.3) is 0 Å². The lowest BCUT2D eigenvalue weighted by molar-refractivity contribution is 0.141. The normalized spacial score (nSPS) is 32.6. The van der Waals surface area contributed by atoms with Gasteiger partial charge in [0, 0.05) is 5.92 Å². The van der Waals surface area contributed by atoms with Gasteiger partial charge >= 0.3 is 0 Å². The van der Waals surface area contributed by atoms with Crippen molar-refractivity contribution in [1.29, 1.82) is 5.41 Å². The van der Waals surface area contributed by atoms with Crippen LogP contribution in [-0.2, 0) is 0 Å². The second kappa shape index (κ2) is 15.4. The first-order chi connectivity index (χ1) is 21.7. The number of hydrogen-bond donors (Lipinski definition) is 1. The van der Waals surface area contributed by atoms with Crippen molar-refractivity contribution in [3.05, 3.63) is 82.0 Å². The largest absolute Gasteiger partial charge is 0.313 e. The van der Waals surface area contributed by atoms with Gasteiger partial charge < -0.3 is 5.41 Å². The Labute approximate surface area is 270 Å². The zero-order valence-electron chi connectivity index (χ0n) is 28.2. The van der Waals surface area contributed by atoms with Crippen LogP contribution in [0.15, 0.2) is 82.0 Å². The minimum Gasteiger partial charge on any atom is -0.313 e. The van der Waals surface area contributed by atoms with Crippen LogP contribution in [-0.4, -0.2) is 6.21 Å². The molecule has 0 heterocycles. The lowest BCUT2D eigenvalue weighted by Gasteiger charge is -2.45. The molecule has 5 unspecified atom stereocenters. The van der Waals surface area contributed by atoms with Crippen molar-refractivity contribution in [2.75, 3.05) is 0 Å². The molecule has 0 bridgehead atoms. The van der Waals surface area contributed by atoms with Crippen molar-refractivity contribution < 1.29 is 0 Å². The van der Waals surface area contributed by atoms with E-state index in [9.17, 15) is 0 Å². The molecule has 1 nitrogen and oxygen atoms in total. The minimum absolute atomic E-state index is 0.606. The number of allylic oxidation sites excluding steroid dienone is 14. The van der Waals surface area contributed by atoms with Crippen molar-refractivity contribution in [2.24, 2.45) is 41.4 Å². The molecular formula is C43H61N. The molecule has 0 amide bonds. The summed E-state index contributed by atoms with van der Waals surface area (Å²) in [5.74, 6) is 5.48. The van der Waals surface area contributed by atoms with Gasteiger partial charge in [0.1, 0.15) is 0 Å². The number of rotatable bonds is 12. The fourth-order valence-corrected chi connectivity index (χ4v) is 10.4. The fraction of sp³-hybridized carbons (Fsp3) is 0.651. The van der Waals surface area contributed by atoms with Gasteiger partial charge in [0.25, 0.3) is 0 Å². The topological polar surface area (TPSA) is 23.9 Å². The quantitative estimate of drug-likeness (QED) is 0.133. The van der Waals surface area contributed by atoms with Crippen LogP contribution >= 0.6 is 0 Å². The van der Waals surface area contributed by atoms with Gasteiger partial charge in [-0.3, -0.25) is 0 Å². The highest BCUT2D eigenvalue weighted by Crippen LogP contribution is 2.53. The Kier molecular flexibility index (Phi) is 11.2. The van der Waals surface area contributed by atoms with Crippen LogP contribution < -0.4 is 0 Å². The first kappa shape index (κ1) is 31.8. The van der Waals surface area contributed by atoms with Gasteiger partial charge in [0.15, 0.2) is 0 Å². The summed E-state index contributed by atoms with van der Waals surface area (Å²) in [5.41, 5.74) is 10.2. The molecule has 0 aromatic rings. The van der Waals surface area contributed by atoms with Crippen molar-refractivity contribution in [3.8, 4) is 0 Å². The summed E-state index contributed by atoms with van der Waals surface area (Å²) in [6.07, 6.45) is 46.8. The molecule has 1 fully saturated rings. The van der Waals surface area contributed by atoms with Crippen LogP contribution in [0, 0.1) is 46.8 Å². The Balaban J connectivity index is 1.12. The van der Waals surface area contributed by atoms with E-state index >= 15 is 0 Å². The Hall–Kier alpha value is -2.15. The van der Waals surface area contributed by atoms with Gasteiger partial charge in [0.2, 0.25) is 0 Å². The standard InChI is InChI=1S/C43H61N/c1-3-5-6-13-32(4-2)33(28-29-44)23-20-31-21-24-34(25-22-31)37-26-27-42(40-18-11-9-17-39(37)40)43-30-35-14-7-8-15-36(35)38-16-10-12-19-41(38)43/h4,8,11-12,15,18-19,29-31,33-34,36-39,44H,3,5-7,9-10,13-14,16-17,20-28H2,1-2H3/b32-4+,44-29?. The SMILES string of the molecule is C/C=C(\CCCCC)C(CC=N)CCC1CCC(C2CCC(C3=C4C=CCCC4C4C=CCCC4=C3)=C3C=CCCC32)CC1. The maximum atomic E-state index is 7.84. The number of hydrogen-bond acceptors (Lipinski definition) is 1. The Bertz CT molecular complexity index is 1220. The third-order valence-corrected chi connectivity index (χ3v) is 12.8. The van der Waals surface area contributed by atoms with Crippen LogP contribution in [0.2, 0.25) is 0 Å². The smallest absolute Gasteiger partial charge is 0.00493 e. The molecule has 0 spiro atoms. The van der Waals surface area contributed by atoms with Gasteiger partial charge in [0.05, 0.1) is 0 Å². The van der Waals surface area contributed by atoms with E-state index in [1.165, 1.54) is 116 Å². The molecule has 6 aliphatic carbocycles. The molecule has 6 aliphatic rings. The molecular weight excluding hydrogens is 530 g/mol.